The van der Waals surface area contributed by atoms with Gasteiger partial charge in [0.1, 0.15) is 5.82 Å². The fraction of sp³-hybridized carbons (Fsp3) is 0.312. The van der Waals surface area contributed by atoms with Crippen LogP contribution in [0.4, 0.5) is 22.1 Å². The summed E-state index contributed by atoms with van der Waals surface area (Å²) in [5.74, 6) is -0.391. The van der Waals surface area contributed by atoms with Crippen LogP contribution in [-0.4, -0.2) is 46.4 Å². The lowest BCUT2D eigenvalue weighted by Gasteiger charge is -2.13. The van der Waals surface area contributed by atoms with Crippen molar-refractivity contribution in [3.8, 4) is 0 Å². The molecule has 9 nitrogen and oxygen atoms in total. The number of pyridine rings is 1. The number of anilines is 3. The first-order valence-corrected chi connectivity index (χ1v) is 9.01. The smallest absolute Gasteiger partial charge is 0.320 e. The normalized spacial score (nSPS) is 15.2. The molecule has 2 aromatic heterocycles. The molecule has 0 bridgehead atoms. The third-order valence-corrected chi connectivity index (χ3v) is 4.29. The first-order valence-electron chi connectivity index (χ1n) is 9.29. The van der Waals surface area contributed by atoms with Crippen molar-refractivity contribution in [1.29, 1.82) is 0 Å². The Hall–Kier alpha value is -2.88. The van der Waals surface area contributed by atoms with Crippen LogP contribution in [0, 0.1) is 0 Å². The van der Waals surface area contributed by atoms with Gasteiger partial charge in [-0.15, -0.1) is 22.0 Å². The van der Waals surface area contributed by atoms with Gasteiger partial charge >= 0.3 is 6.03 Å². The summed E-state index contributed by atoms with van der Waals surface area (Å²) in [5, 5.41) is 17.8. The van der Waals surface area contributed by atoms with E-state index in [2.05, 4.69) is 31.1 Å². The van der Waals surface area contributed by atoms with Crippen molar-refractivity contribution in [2.75, 3.05) is 23.9 Å². The van der Waals surface area contributed by atoms with Crippen molar-refractivity contribution < 1.29 is 13.7 Å². The zero-order valence-corrected chi connectivity index (χ0v) is 14.7. The van der Waals surface area contributed by atoms with Gasteiger partial charge < -0.3 is 16.0 Å². The molecule has 4 N–H and O–H groups in total. The Morgan fingerprint density at radius 2 is 2.19 bits per heavy atom. The van der Waals surface area contributed by atoms with Crippen LogP contribution >= 0.6 is 11.8 Å². The standard InChI is InChI=1S/C16H19N7O2S/c1-17-15(24)13-10(20-14-11(26-2)4-3-7-18-14)8-12(22-23-13)21-16(25)19-9-5-6-9/h3-4,7-9H,5-6H2,1-2H3,(H,17,24)(H3,18,19,20,21,22,25)/i1D3. The molecule has 3 amide bonds. The molecule has 10 heteroatoms. The largest absolute Gasteiger partial charge is 0.354 e. The predicted molar refractivity (Wildman–Crippen MR) is 99.9 cm³/mol. The van der Waals surface area contributed by atoms with Crippen molar-refractivity contribution in [1.82, 2.24) is 25.8 Å². The zero-order valence-electron chi connectivity index (χ0n) is 16.9. The molecular weight excluding hydrogens is 354 g/mol. The maximum absolute atomic E-state index is 12.4. The number of rotatable bonds is 6. The molecule has 3 rings (SSSR count). The number of carbonyl (C=O) groups excluding carboxylic acids is 2. The SMILES string of the molecule is [2H]C([2H])([2H])NC(=O)c1nnc(NC(=O)NC2CC2)cc1Nc1ncccc1SC. The minimum atomic E-state index is -2.69. The Bertz CT molecular complexity index is 922. The molecule has 2 aromatic rings. The molecule has 0 radical (unpaired) electrons. The second-order valence-corrected chi connectivity index (χ2v) is 6.35. The number of hydrogen-bond acceptors (Lipinski definition) is 7. The number of aromatic nitrogens is 3. The van der Waals surface area contributed by atoms with Gasteiger partial charge in [0.25, 0.3) is 5.91 Å². The molecule has 1 aliphatic carbocycles. The second kappa shape index (κ2) is 8.00. The average Bonchev–Trinajstić information content (AvgIpc) is 3.44. The molecule has 0 aromatic carbocycles. The Morgan fingerprint density at radius 3 is 2.92 bits per heavy atom. The fourth-order valence-corrected chi connectivity index (χ4v) is 2.63. The lowest BCUT2D eigenvalue weighted by molar-refractivity contribution is 0.0958. The van der Waals surface area contributed by atoms with Gasteiger partial charge in [-0.25, -0.2) is 9.78 Å². The van der Waals surface area contributed by atoms with Crippen LogP contribution in [0.5, 0.6) is 0 Å². The summed E-state index contributed by atoms with van der Waals surface area (Å²) in [6.45, 7) is -2.69. The summed E-state index contributed by atoms with van der Waals surface area (Å²) in [6, 6.07) is 4.71. The quantitative estimate of drug-likeness (QED) is 0.569. The van der Waals surface area contributed by atoms with Crippen LogP contribution in [-0.2, 0) is 0 Å². The van der Waals surface area contributed by atoms with E-state index >= 15 is 0 Å². The van der Waals surface area contributed by atoms with Gasteiger partial charge in [0.2, 0.25) is 0 Å². The fourth-order valence-electron chi connectivity index (χ4n) is 2.12. The van der Waals surface area contributed by atoms with Crippen LogP contribution in [0.3, 0.4) is 0 Å². The molecule has 2 heterocycles. The summed E-state index contributed by atoms with van der Waals surface area (Å²) < 4.78 is 21.7. The summed E-state index contributed by atoms with van der Waals surface area (Å²) >= 11 is 1.44. The monoisotopic (exact) mass is 376 g/mol. The Balaban J connectivity index is 1.89. The molecule has 136 valence electrons. The first kappa shape index (κ1) is 14.3. The lowest BCUT2D eigenvalue weighted by atomic mass is 10.3. The van der Waals surface area contributed by atoms with E-state index in [4.69, 9.17) is 4.11 Å². The predicted octanol–water partition coefficient (Wildman–Crippen LogP) is 1.98. The van der Waals surface area contributed by atoms with Gasteiger partial charge in [-0.1, -0.05) is 0 Å². The molecule has 1 fully saturated rings. The molecule has 0 saturated heterocycles. The number of carbonyl (C=O) groups is 2. The number of nitrogens with zero attached hydrogens (tertiary/aromatic N) is 3. The summed E-state index contributed by atoms with van der Waals surface area (Å²) in [4.78, 5) is 29.4. The van der Waals surface area contributed by atoms with E-state index < -0.39 is 18.9 Å². The van der Waals surface area contributed by atoms with Crippen molar-refractivity contribution >= 4 is 41.0 Å². The molecule has 1 saturated carbocycles. The minimum absolute atomic E-state index is 0.0951. The number of nitrogens with one attached hydrogen (secondary N) is 4. The molecule has 0 atom stereocenters. The van der Waals surface area contributed by atoms with Gasteiger partial charge in [-0.2, -0.15) is 0 Å². The van der Waals surface area contributed by atoms with E-state index in [1.807, 2.05) is 17.6 Å². The summed E-state index contributed by atoms with van der Waals surface area (Å²) in [6.07, 6.45) is 5.29. The van der Waals surface area contributed by atoms with E-state index in [0.29, 0.717) is 5.82 Å². The third-order valence-electron chi connectivity index (χ3n) is 3.52. The Morgan fingerprint density at radius 1 is 1.35 bits per heavy atom. The lowest BCUT2D eigenvalue weighted by Crippen LogP contribution is -2.31. The number of thioether (sulfide) groups is 1. The number of amides is 3. The van der Waals surface area contributed by atoms with Crippen LogP contribution < -0.4 is 21.3 Å². The number of hydrogen-bond donors (Lipinski definition) is 4. The van der Waals surface area contributed by atoms with E-state index in [9.17, 15) is 9.59 Å². The molecule has 0 spiro atoms. The second-order valence-electron chi connectivity index (χ2n) is 5.50. The Labute approximate surface area is 159 Å². The third kappa shape index (κ3) is 4.39. The van der Waals surface area contributed by atoms with E-state index in [1.54, 1.807) is 12.3 Å². The van der Waals surface area contributed by atoms with E-state index in [-0.39, 0.29) is 23.2 Å². The van der Waals surface area contributed by atoms with Gasteiger partial charge in [0.05, 0.1) is 5.69 Å². The maximum atomic E-state index is 12.4. The van der Waals surface area contributed by atoms with Crippen LogP contribution in [0.25, 0.3) is 0 Å². The topological polar surface area (TPSA) is 121 Å². The first-order chi connectivity index (χ1) is 13.7. The highest BCUT2D eigenvalue weighted by molar-refractivity contribution is 7.98. The van der Waals surface area contributed by atoms with Crippen molar-refractivity contribution in [3.05, 3.63) is 30.1 Å². The molecular formula is C16H19N7O2S. The van der Waals surface area contributed by atoms with Crippen molar-refractivity contribution in [3.63, 3.8) is 0 Å². The number of urea groups is 1. The molecule has 0 aliphatic heterocycles. The summed E-state index contributed by atoms with van der Waals surface area (Å²) in [5.41, 5.74) is -0.0931. The van der Waals surface area contributed by atoms with Gasteiger partial charge in [0, 0.05) is 34.3 Å². The maximum Gasteiger partial charge on any atom is 0.320 e. The van der Waals surface area contributed by atoms with E-state index in [0.717, 1.165) is 17.7 Å². The van der Waals surface area contributed by atoms with Crippen molar-refractivity contribution in [2.24, 2.45) is 0 Å². The zero-order chi connectivity index (χ0) is 21.0. The molecule has 1 aliphatic rings. The van der Waals surface area contributed by atoms with Gasteiger partial charge in [-0.3, -0.25) is 10.1 Å². The van der Waals surface area contributed by atoms with Gasteiger partial charge in [-0.05, 0) is 31.2 Å². The van der Waals surface area contributed by atoms with Crippen LogP contribution in [0.2, 0.25) is 0 Å². The average molecular weight is 376 g/mol. The highest BCUT2D eigenvalue weighted by Crippen LogP contribution is 2.27. The highest BCUT2D eigenvalue weighted by atomic mass is 32.2. The highest BCUT2D eigenvalue weighted by Gasteiger charge is 2.24. The van der Waals surface area contributed by atoms with Crippen LogP contribution in [0.1, 0.15) is 27.4 Å². The van der Waals surface area contributed by atoms with Crippen molar-refractivity contribution in [2.45, 2.75) is 23.8 Å². The summed E-state index contributed by atoms with van der Waals surface area (Å²) in [7, 11) is 0. The molecule has 0 unspecified atom stereocenters. The Kier molecular flexibility index (Phi) is 4.40. The van der Waals surface area contributed by atoms with Crippen LogP contribution in [0.15, 0.2) is 29.3 Å². The van der Waals surface area contributed by atoms with E-state index in [1.165, 1.54) is 17.8 Å². The minimum Gasteiger partial charge on any atom is -0.354 e. The van der Waals surface area contributed by atoms with Gasteiger partial charge in [0.15, 0.2) is 11.5 Å². The molecule has 26 heavy (non-hydrogen) atoms.